The van der Waals surface area contributed by atoms with E-state index >= 15 is 0 Å². The van der Waals surface area contributed by atoms with Crippen molar-refractivity contribution >= 4 is 17.7 Å². The lowest BCUT2D eigenvalue weighted by atomic mass is 9.85. The molecule has 2 atom stereocenters. The number of rotatable bonds is 3. The highest BCUT2D eigenvalue weighted by molar-refractivity contribution is 7.99. The Morgan fingerprint density at radius 2 is 2.43 bits per heavy atom. The molecule has 2 unspecified atom stereocenters. The molecule has 6 heteroatoms. The van der Waals surface area contributed by atoms with E-state index in [9.17, 15) is 4.79 Å². The molecule has 0 radical (unpaired) electrons. The first-order valence-corrected chi connectivity index (χ1v) is 5.33. The average molecular weight is 213 g/mol. The maximum atomic E-state index is 10.7. The number of H-pyrrole nitrogens is 1. The van der Waals surface area contributed by atoms with E-state index in [0.29, 0.717) is 5.16 Å². The number of hydrogen-bond donors (Lipinski definition) is 2. The molecule has 1 saturated carbocycles. The molecular formula is C8H11N3O2S. The average Bonchev–Trinajstić information content (AvgIpc) is 2.44. The van der Waals surface area contributed by atoms with Crippen molar-refractivity contribution in [2.24, 2.45) is 5.92 Å². The Labute approximate surface area is 85.3 Å². The molecule has 1 aliphatic rings. The topological polar surface area (TPSA) is 78.9 Å². The number of nitrogens with one attached hydrogen (secondary N) is 1. The van der Waals surface area contributed by atoms with Crippen LogP contribution in [0.2, 0.25) is 0 Å². The SMILES string of the molecule is Cc1nc(SC2CCC2C(=O)O)n[nH]1. The number of carboxylic acid groups (broad SMARTS) is 1. The Kier molecular flexibility index (Phi) is 2.45. The minimum absolute atomic E-state index is 0.141. The van der Waals surface area contributed by atoms with Crippen molar-refractivity contribution in [3.63, 3.8) is 0 Å². The first-order chi connectivity index (χ1) is 6.66. The van der Waals surface area contributed by atoms with E-state index < -0.39 is 5.97 Å². The van der Waals surface area contributed by atoms with E-state index in [0.717, 1.165) is 18.7 Å². The standard InChI is InChI=1S/C8H11N3O2S/c1-4-9-8(11-10-4)14-6-3-2-5(6)7(12)13/h5-6H,2-3H2,1H3,(H,12,13)(H,9,10,11). The van der Waals surface area contributed by atoms with Crippen LogP contribution in [0.4, 0.5) is 0 Å². The zero-order valence-electron chi connectivity index (χ0n) is 7.73. The van der Waals surface area contributed by atoms with Crippen LogP contribution >= 0.6 is 11.8 Å². The molecule has 1 aliphatic carbocycles. The molecule has 0 aliphatic heterocycles. The fourth-order valence-corrected chi connectivity index (χ4v) is 2.63. The summed E-state index contributed by atoms with van der Waals surface area (Å²) in [4.78, 5) is 14.9. The van der Waals surface area contributed by atoms with Crippen LogP contribution in [-0.2, 0) is 4.79 Å². The van der Waals surface area contributed by atoms with Gasteiger partial charge in [0.25, 0.3) is 0 Å². The second-order valence-electron chi connectivity index (χ2n) is 3.38. The van der Waals surface area contributed by atoms with Crippen LogP contribution in [0.3, 0.4) is 0 Å². The van der Waals surface area contributed by atoms with E-state index in [-0.39, 0.29) is 11.2 Å². The van der Waals surface area contributed by atoms with E-state index in [4.69, 9.17) is 5.11 Å². The molecule has 5 nitrogen and oxygen atoms in total. The van der Waals surface area contributed by atoms with Crippen molar-refractivity contribution in [2.75, 3.05) is 0 Å². The van der Waals surface area contributed by atoms with Crippen molar-refractivity contribution in [3.05, 3.63) is 5.82 Å². The molecule has 1 aromatic rings. The number of thioether (sulfide) groups is 1. The lowest BCUT2D eigenvalue weighted by Gasteiger charge is -2.31. The van der Waals surface area contributed by atoms with E-state index in [2.05, 4.69) is 15.2 Å². The largest absolute Gasteiger partial charge is 0.481 e. The normalized spacial score (nSPS) is 25.8. The third kappa shape index (κ3) is 1.75. The Hall–Kier alpha value is -1.04. The van der Waals surface area contributed by atoms with Gasteiger partial charge in [-0.1, -0.05) is 11.8 Å². The quantitative estimate of drug-likeness (QED) is 0.785. The van der Waals surface area contributed by atoms with Gasteiger partial charge in [0.1, 0.15) is 5.82 Å². The van der Waals surface area contributed by atoms with Gasteiger partial charge in [-0.2, -0.15) is 0 Å². The summed E-state index contributed by atoms with van der Waals surface area (Å²) in [5.74, 6) is -0.168. The third-order valence-corrected chi connectivity index (χ3v) is 3.62. The number of aromatic nitrogens is 3. The summed E-state index contributed by atoms with van der Waals surface area (Å²) in [7, 11) is 0. The summed E-state index contributed by atoms with van der Waals surface area (Å²) < 4.78 is 0. The fraction of sp³-hybridized carbons (Fsp3) is 0.625. The van der Waals surface area contributed by atoms with Gasteiger partial charge in [0, 0.05) is 5.25 Å². The second-order valence-corrected chi connectivity index (χ2v) is 4.59. The first-order valence-electron chi connectivity index (χ1n) is 4.45. The highest BCUT2D eigenvalue weighted by Gasteiger charge is 2.37. The number of carboxylic acids is 1. The van der Waals surface area contributed by atoms with Gasteiger partial charge in [-0.3, -0.25) is 9.89 Å². The molecule has 0 spiro atoms. The van der Waals surface area contributed by atoms with Crippen LogP contribution in [0.1, 0.15) is 18.7 Å². The van der Waals surface area contributed by atoms with Crippen molar-refractivity contribution in [3.8, 4) is 0 Å². The minimum atomic E-state index is -0.707. The van der Waals surface area contributed by atoms with Crippen LogP contribution in [0.25, 0.3) is 0 Å². The van der Waals surface area contributed by atoms with Crippen LogP contribution in [0, 0.1) is 12.8 Å². The minimum Gasteiger partial charge on any atom is -0.481 e. The third-order valence-electron chi connectivity index (χ3n) is 2.36. The lowest BCUT2D eigenvalue weighted by molar-refractivity contribution is -0.144. The van der Waals surface area contributed by atoms with Crippen molar-refractivity contribution < 1.29 is 9.90 Å². The number of aryl methyl sites for hydroxylation is 1. The van der Waals surface area contributed by atoms with E-state index in [1.54, 1.807) is 0 Å². The molecule has 1 fully saturated rings. The summed E-state index contributed by atoms with van der Waals surface area (Å²) in [6.45, 7) is 1.83. The zero-order valence-corrected chi connectivity index (χ0v) is 8.54. The summed E-state index contributed by atoms with van der Waals surface area (Å²) in [5, 5.41) is 16.3. The fourth-order valence-electron chi connectivity index (χ4n) is 1.40. The van der Waals surface area contributed by atoms with Gasteiger partial charge >= 0.3 is 5.97 Å². The van der Waals surface area contributed by atoms with Crippen LogP contribution in [0.5, 0.6) is 0 Å². The molecule has 0 amide bonds. The summed E-state index contributed by atoms with van der Waals surface area (Å²) in [6.07, 6.45) is 1.71. The molecule has 0 saturated heterocycles. The van der Waals surface area contributed by atoms with Crippen molar-refractivity contribution in [1.82, 2.24) is 15.2 Å². The number of aliphatic carboxylic acids is 1. The second kappa shape index (κ2) is 3.61. The Bertz CT molecular complexity index is 352. The van der Waals surface area contributed by atoms with Gasteiger partial charge in [-0.15, -0.1) is 5.10 Å². The first kappa shape index (κ1) is 9.51. The Morgan fingerprint density at radius 3 is 2.86 bits per heavy atom. The smallest absolute Gasteiger partial charge is 0.307 e. The number of aromatic amines is 1. The summed E-state index contributed by atoms with van der Waals surface area (Å²) in [5.41, 5.74) is 0. The molecule has 0 aromatic carbocycles. The van der Waals surface area contributed by atoms with Crippen molar-refractivity contribution in [1.29, 1.82) is 0 Å². The van der Waals surface area contributed by atoms with Gasteiger partial charge in [0.2, 0.25) is 5.16 Å². The predicted octanol–water partition coefficient (Wildman–Crippen LogP) is 1.07. The maximum Gasteiger partial charge on any atom is 0.307 e. The number of hydrogen-bond acceptors (Lipinski definition) is 4. The number of carbonyl (C=O) groups is 1. The highest BCUT2D eigenvalue weighted by atomic mass is 32.2. The van der Waals surface area contributed by atoms with Gasteiger partial charge in [0.05, 0.1) is 5.92 Å². The molecule has 2 N–H and O–H groups in total. The maximum absolute atomic E-state index is 10.7. The highest BCUT2D eigenvalue weighted by Crippen LogP contribution is 2.40. The van der Waals surface area contributed by atoms with Gasteiger partial charge in [0.15, 0.2) is 0 Å². The molecule has 1 heterocycles. The van der Waals surface area contributed by atoms with Gasteiger partial charge < -0.3 is 5.11 Å². The van der Waals surface area contributed by atoms with Crippen LogP contribution in [0.15, 0.2) is 5.16 Å². The van der Waals surface area contributed by atoms with E-state index in [1.165, 1.54) is 11.8 Å². The summed E-state index contributed by atoms with van der Waals surface area (Å²) >= 11 is 1.45. The Balaban J connectivity index is 1.95. The number of nitrogens with zero attached hydrogens (tertiary/aromatic N) is 2. The molecular weight excluding hydrogens is 202 g/mol. The van der Waals surface area contributed by atoms with Crippen molar-refractivity contribution in [2.45, 2.75) is 30.2 Å². The zero-order chi connectivity index (χ0) is 10.1. The van der Waals surface area contributed by atoms with Crippen LogP contribution < -0.4 is 0 Å². The van der Waals surface area contributed by atoms with Gasteiger partial charge in [-0.25, -0.2) is 4.98 Å². The molecule has 14 heavy (non-hydrogen) atoms. The van der Waals surface area contributed by atoms with E-state index in [1.807, 2.05) is 6.92 Å². The molecule has 2 rings (SSSR count). The molecule has 0 bridgehead atoms. The summed E-state index contributed by atoms with van der Waals surface area (Å²) in [6, 6.07) is 0. The van der Waals surface area contributed by atoms with Gasteiger partial charge in [-0.05, 0) is 19.8 Å². The molecule has 76 valence electrons. The lowest BCUT2D eigenvalue weighted by Crippen LogP contribution is -2.35. The van der Waals surface area contributed by atoms with Crippen LogP contribution in [-0.4, -0.2) is 31.5 Å². The molecule has 1 aromatic heterocycles. The monoisotopic (exact) mass is 213 g/mol. The Morgan fingerprint density at radius 1 is 1.64 bits per heavy atom. The predicted molar refractivity (Wildman–Crippen MR) is 51.1 cm³/mol.